The van der Waals surface area contributed by atoms with Crippen LogP contribution in [0.15, 0.2) is 18.2 Å². The Balaban J connectivity index is 1.68. The third-order valence-corrected chi connectivity index (χ3v) is 5.40. The van der Waals surface area contributed by atoms with Gasteiger partial charge >= 0.3 is 0 Å². The zero-order valence-electron chi connectivity index (χ0n) is 12.2. The molecule has 4 heteroatoms. The maximum atomic E-state index is 12.1. The van der Waals surface area contributed by atoms with Crippen LogP contribution in [0.3, 0.4) is 0 Å². The van der Waals surface area contributed by atoms with Crippen molar-refractivity contribution in [1.29, 1.82) is 0 Å². The van der Waals surface area contributed by atoms with Gasteiger partial charge in [0.05, 0.1) is 6.10 Å². The summed E-state index contributed by atoms with van der Waals surface area (Å²) in [5.74, 6) is 0.0724. The average molecular weight is 352 g/mol. The highest BCUT2D eigenvalue weighted by atomic mass is 79.9. The van der Waals surface area contributed by atoms with E-state index in [1.165, 1.54) is 24.0 Å². The van der Waals surface area contributed by atoms with E-state index < -0.39 is 0 Å². The molecule has 1 aromatic rings. The molecule has 1 amide bonds. The molecule has 0 aliphatic carbocycles. The lowest BCUT2D eigenvalue weighted by Gasteiger charge is -2.15. The van der Waals surface area contributed by atoms with Gasteiger partial charge in [0.1, 0.15) is 0 Å². The van der Waals surface area contributed by atoms with Gasteiger partial charge in [0.25, 0.3) is 5.91 Å². The van der Waals surface area contributed by atoms with E-state index in [0.717, 1.165) is 44.4 Å². The Morgan fingerprint density at radius 3 is 3.10 bits per heavy atom. The SMILES string of the molecule is O=C1NCCCc2ccc(C(Br)CCC3CCCO3)cc21. The fourth-order valence-corrected chi connectivity index (χ4v) is 3.71. The molecule has 3 nitrogen and oxygen atoms in total. The van der Waals surface area contributed by atoms with Crippen molar-refractivity contribution in [2.45, 2.75) is 49.5 Å². The van der Waals surface area contributed by atoms with E-state index in [9.17, 15) is 4.79 Å². The van der Waals surface area contributed by atoms with Crippen LogP contribution in [0.2, 0.25) is 0 Å². The Kier molecular flexibility index (Phi) is 4.96. The number of nitrogens with one attached hydrogen (secondary N) is 1. The third-order valence-electron chi connectivity index (χ3n) is 4.41. The maximum absolute atomic E-state index is 12.1. The quantitative estimate of drug-likeness (QED) is 0.838. The molecule has 1 fully saturated rings. The van der Waals surface area contributed by atoms with Gasteiger partial charge in [-0.25, -0.2) is 0 Å². The van der Waals surface area contributed by atoms with Crippen LogP contribution in [0.5, 0.6) is 0 Å². The molecule has 21 heavy (non-hydrogen) atoms. The molecule has 1 saturated heterocycles. The first-order chi connectivity index (χ1) is 10.2. The van der Waals surface area contributed by atoms with Gasteiger partial charge in [0.2, 0.25) is 0 Å². The Hall–Kier alpha value is -0.870. The molecule has 0 saturated carbocycles. The summed E-state index contributed by atoms with van der Waals surface area (Å²) in [5, 5.41) is 2.97. The first kappa shape index (κ1) is 15.0. The molecule has 2 aliphatic heterocycles. The van der Waals surface area contributed by atoms with Crippen LogP contribution in [0.1, 0.15) is 58.4 Å². The zero-order valence-corrected chi connectivity index (χ0v) is 13.8. The highest BCUT2D eigenvalue weighted by Crippen LogP contribution is 2.32. The van der Waals surface area contributed by atoms with Gasteiger partial charge < -0.3 is 10.1 Å². The summed E-state index contributed by atoms with van der Waals surface area (Å²) in [4.78, 5) is 12.4. The van der Waals surface area contributed by atoms with Crippen molar-refractivity contribution in [3.63, 3.8) is 0 Å². The third kappa shape index (κ3) is 3.67. The van der Waals surface area contributed by atoms with Gasteiger partial charge in [-0.1, -0.05) is 28.1 Å². The summed E-state index contributed by atoms with van der Waals surface area (Å²) < 4.78 is 5.68. The standard InChI is InChI=1S/C17H22BrNO2/c18-16(8-7-14-4-2-10-21-14)13-6-5-12-3-1-9-19-17(20)15(12)11-13/h5-6,11,14,16H,1-4,7-10H2,(H,19,20). The highest BCUT2D eigenvalue weighted by Gasteiger charge is 2.20. The molecule has 2 heterocycles. The Labute approximate surface area is 134 Å². The lowest BCUT2D eigenvalue weighted by atomic mass is 9.97. The van der Waals surface area contributed by atoms with Crippen molar-refractivity contribution in [2.24, 2.45) is 0 Å². The number of rotatable bonds is 4. The second kappa shape index (κ2) is 6.93. The van der Waals surface area contributed by atoms with Gasteiger partial charge in [-0.15, -0.1) is 0 Å². The number of benzene rings is 1. The van der Waals surface area contributed by atoms with E-state index in [4.69, 9.17) is 4.74 Å². The van der Waals surface area contributed by atoms with Crippen molar-refractivity contribution in [2.75, 3.05) is 13.2 Å². The summed E-state index contributed by atoms with van der Waals surface area (Å²) >= 11 is 3.77. The number of carbonyl (C=O) groups is 1. The molecule has 0 spiro atoms. The number of hydrogen-bond donors (Lipinski definition) is 1. The molecule has 0 bridgehead atoms. The number of amides is 1. The van der Waals surface area contributed by atoms with Gasteiger partial charge in [-0.2, -0.15) is 0 Å². The van der Waals surface area contributed by atoms with Crippen LogP contribution in [0.25, 0.3) is 0 Å². The number of ether oxygens (including phenoxy) is 1. The van der Waals surface area contributed by atoms with E-state index in [0.29, 0.717) is 10.9 Å². The fourth-order valence-electron chi connectivity index (χ4n) is 3.17. The number of halogens is 1. The van der Waals surface area contributed by atoms with Crippen LogP contribution >= 0.6 is 15.9 Å². The first-order valence-electron chi connectivity index (χ1n) is 7.91. The summed E-state index contributed by atoms with van der Waals surface area (Å²) in [6.45, 7) is 1.69. The van der Waals surface area contributed by atoms with E-state index in [1.807, 2.05) is 0 Å². The van der Waals surface area contributed by atoms with E-state index in [1.54, 1.807) is 0 Å². The molecule has 0 aromatic heterocycles. The van der Waals surface area contributed by atoms with E-state index in [-0.39, 0.29) is 5.91 Å². The minimum Gasteiger partial charge on any atom is -0.378 e. The van der Waals surface area contributed by atoms with Gasteiger partial charge in [-0.05, 0) is 55.7 Å². The fraction of sp³-hybridized carbons (Fsp3) is 0.588. The number of carbonyl (C=O) groups excluding carboxylic acids is 1. The highest BCUT2D eigenvalue weighted by molar-refractivity contribution is 9.09. The number of hydrogen-bond acceptors (Lipinski definition) is 2. The van der Waals surface area contributed by atoms with Crippen LogP contribution < -0.4 is 5.32 Å². The largest absolute Gasteiger partial charge is 0.378 e. The van der Waals surface area contributed by atoms with Crippen molar-refractivity contribution in [1.82, 2.24) is 5.32 Å². The zero-order chi connectivity index (χ0) is 14.7. The molecule has 1 N–H and O–H groups in total. The summed E-state index contributed by atoms with van der Waals surface area (Å²) in [6, 6.07) is 6.34. The summed E-state index contributed by atoms with van der Waals surface area (Å²) in [6.07, 6.45) is 6.94. The molecule has 2 atom stereocenters. The number of aryl methyl sites for hydroxylation is 1. The minimum atomic E-state index is 0.0724. The average Bonchev–Trinajstić information content (AvgIpc) is 2.95. The number of alkyl halides is 1. The molecule has 2 aliphatic rings. The van der Waals surface area contributed by atoms with Crippen molar-refractivity contribution in [3.05, 3.63) is 34.9 Å². The van der Waals surface area contributed by atoms with Crippen molar-refractivity contribution in [3.8, 4) is 0 Å². The molecule has 3 rings (SSSR count). The Morgan fingerprint density at radius 2 is 2.29 bits per heavy atom. The minimum absolute atomic E-state index is 0.0724. The molecular formula is C17H22BrNO2. The van der Waals surface area contributed by atoms with Gasteiger partial charge in [-0.3, -0.25) is 4.79 Å². The number of fused-ring (bicyclic) bond motifs is 1. The smallest absolute Gasteiger partial charge is 0.251 e. The molecule has 1 aromatic carbocycles. The first-order valence-corrected chi connectivity index (χ1v) is 8.82. The second-order valence-electron chi connectivity index (χ2n) is 5.96. The molecule has 0 radical (unpaired) electrons. The monoisotopic (exact) mass is 351 g/mol. The van der Waals surface area contributed by atoms with Crippen molar-refractivity contribution < 1.29 is 9.53 Å². The van der Waals surface area contributed by atoms with E-state index in [2.05, 4.69) is 39.4 Å². The predicted octanol–water partition coefficient (Wildman–Crippen LogP) is 3.76. The van der Waals surface area contributed by atoms with E-state index >= 15 is 0 Å². The topological polar surface area (TPSA) is 38.3 Å². The van der Waals surface area contributed by atoms with Crippen LogP contribution in [-0.2, 0) is 11.2 Å². The molecule has 2 unspecified atom stereocenters. The summed E-state index contributed by atoms with van der Waals surface area (Å²) in [5.41, 5.74) is 3.22. The van der Waals surface area contributed by atoms with Crippen LogP contribution in [0.4, 0.5) is 0 Å². The normalized spacial score (nSPS) is 23.3. The van der Waals surface area contributed by atoms with Crippen LogP contribution in [-0.4, -0.2) is 25.2 Å². The van der Waals surface area contributed by atoms with Crippen molar-refractivity contribution >= 4 is 21.8 Å². The lowest BCUT2D eigenvalue weighted by molar-refractivity contribution is 0.0955. The summed E-state index contributed by atoms with van der Waals surface area (Å²) in [7, 11) is 0. The van der Waals surface area contributed by atoms with Gasteiger partial charge in [0, 0.05) is 23.5 Å². The Bertz CT molecular complexity index is 512. The lowest BCUT2D eigenvalue weighted by Crippen LogP contribution is -2.22. The second-order valence-corrected chi connectivity index (χ2v) is 7.06. The predicted molar refractivity (Wildman–Crippen MR) is 87.0 cm³/mol. The Morgan fingerprint density at radius 1 is 1.38 bits per heavy atom. The molecular weight excluding hydrogens is 330 g/mol. The molecule has 114 valence electrons. The van der Waals surface area contributed by atoms with Gasteiger partial charge in [0.15, 0.2) is 0 Å². The maximum Gasteiger partial charge on any atom is 0.251 e. The van der Waals surface area contributed by atoms with Crippen LogP contribution in [0, 0.1) is 0 Å².